The van der Waals surface area contributed by atoms with E-state index in [2.05, 4.69) is 37.1 Å². The van der Waals surface area contributed by atoms with Gasteiger partial charge in [0.05, 0.1) is 5.69 Å². The first-order valence-corrected chi connectivity index (χ1v) is 11.7. The number of carbonyl (C=O) groups is 1. The Morgan fingerprint density at radius 1 is 1.05 bits per heavy atom. The molecule has 0 aliphatic carbocycles. The average molecular weight is 518 g/mol. The fraction of sp³-hybridized carbons (Fsp3) is 0.179. The van der Waals surface area contributed by atoms with Crippen LogP contribution in [0.5, 0.6) is 0 Å². The number of allylic oxidation sites excluding steroid dienone is 5. The molecule has 10 heteroatoms. The van der Waals surface area contributed by atoms with Crippen LogP contribution in [0.25, 0.3) is 6.08 Å². The highest BCUT2D eigenvalue weighted by atomic mass is 19.1. The second-order valence-corrected chi connectivity index (χ2v) is 8.56. The Balaban J connectivity index is 1.59. The van der Waals surface area contributed by atoms with Gasteiger partial charge >= 0.3 is 0 Å². The van der Waals surface area contributed by atoms with Crippen molar-refractivity contribution in [3.63, 3.8) is 0 Å². The fourth-order valence-electron chi connectivity index (χ4n) is 3.23. The molecule has 0 aliphatic rings. The number of benzene rings is 1. The molecule has 196 valence electrons. The van der Waals surface area contributed by atoms with Crippen LogP contribution in [0.2, 0.25) is 0 Å². The number of nitrogens with two attached hydrogens (primary N) is 1. The van der Waals surface area contributed by atoms with Gasteiger partial charge in [0.1, 0.15) is 23.8 Å². The number of anilines is 2. The molecule has 0 saturated carbocycles. The zero-order valence-corrected chi connectivity index (χ0v) is 21.4. The van der Waals surface area contributed by atoms with Gasteiger partial charge in [0, 0.05) is 37.1 Å². The van der Waals surface area contributed by atoms with Crippen LogP contribution >= 0.6 is 0 Å². The lowest BCUT2D eigenvalue weighted by Gasteiger charge is -2.11. The minimum Gasteiger partial charge on any atom is -0.383 e. The molecule has 0 radical (unpaired) electrons. The number of nitrogens with one attached hydrogen (secondary N) is 2. The summed E-state index contributed by atoms with van der Waals surface area (Å²) in [7, 11) is 0. The van der Waals surface area contributed by atoms with Crippen LogP contribution < -0.4 is 16.4 Å². The molecule has 2 heterocycles. The predicted molar refractivity (Wildman–Crippen MR) is 145 cm³/mol. The molecule has 0 aliphatic heterocycles. The van der Waals surface area contributed by atoms with Crippen LogP contribution in [0.3, 0.4) is 0 Å². The van der Waals surface area contributed by atoms with E-state index >= 15 is 0 Å². The number of nitrogen functional groups attached to an aromatic ring is 1. The minimum absolute atomic E-state index is 0.0605. The normalized spacial score (nSPS) is 12.0. The van der Waals surface area contributed by atoms with Crippen molar-refractivity contribution in [3.8, 4) is 0 Å². The molecule has 0 bridgehead atoms. The highest BCUT2D eigenvalue weighted by Crippen LogP contribution is 2.16. The molecule has 0 spiro atoms. The van der Waals surface area contributed by atoms with Crippen LogP contribution in [-0.4, -0.2) is 32.4 Å². The average Bonchev–Trinajstić information content (AvgIpc) is 2.89. The second-order valence-electron chi connectivity index (χ2n) is 8.56. The maximum atomic E-state index is 13.4. The maximum Gasteiger partial charge on any atom is 0.273 e. The van der Waals surface area contributed by atoms with Gasteiger partial charge in [-0.3, -0.25) is 4.79 Å². The number of hydrogen-bond acceptors (Lipinski definition) is 7. The minimum atomic E-state index is -0.715. The smallest absolute Gasteiger partial charge is 0.273 e. The lowest BCUT2D eigenvalue weighted by atomic mass is 10.1. The number of carbonyl (C=O) groups excluding carboxylic acids is 1. The van der Waals surface area contributed by atoms with Crippen molar-refractivity contribution in [2.45, 2.75) is 27.3 Å². The van der Waals surface area contributed by atoms with Crippen LogP contribution in [0, 0.1) is 18.6 Å². The molecular weight excluding hydrogens is 488 g/mol. The van der Waals surface area contributed by atoms with Crippen LogP contribution in [0.15, 0.2) is 78.4 Å². The first kappa shape index (κ1) is 27.9. The fourth-order valence-corrected chi connectivity index (χ4v) is 3.23. The Kier molecular flexibility index (Phi) is 9.53. The summed E-state index contributed by atoms with van der Waals surface area (Å²) < 4.78 is 26.8. The van der Waals surface area contributed by atoms with Gasteiger partial charge in [0.2, 0.25) is 0 Å². The topological polar surface area (TPSA) is 119 Å². The van der Waals surface area contributed by atoms with E-state index in [0.717, 1.165) is 46.2 Å². The molecule has 1 amide bonds. The van der Waals surface area contributed by atoms with Crippen molar-refractivity contribution in [2.75, 3.05) is 17.6 Å². The SMILES string of the molecule is C=C(/C=C\c1ncnc(N)c1C)/C(C)=C/C=C(\C)CNc1nccnc1C(=O)NCc1cc(F)cc(F)c1. The molecule has 8 nitrogen and oxygen atoms in total. The molecule has 0 unspecified atom stereocenters. The van der Waals surface area contributed by atoms with Crippen LogP contribution in [0.1, 0.15) is 41.2 Å². The van der Waals surface area contributed by atoms with Gasteiger partial charge in [-0.1, -0.05) is 30.4 Å². The van der Waals surface area contributed by atoms with E-state index < -0.39 is 17.5 Å². The third kappa shape index (κ3) is 7.89. The zero-order chi connectivity index (χ0) is 27.7. The second kappa shape index (κ2) is 13.0. The van der Waals surface area contributed by atoms with Gasteiger partial charge in [0.15, 0.2) is 11.5 Å². The Morgan fingerprint density at radius 2 is 1.76 bits per heavy atom. The van der Waals surface area contributed by atoms with Crippen molar-refractivity contribution in [1.29, 1.82) is 0 Å². The van der Waals surface area contributed by atoms with Gasteiger partial charge in [-0.25, -0.2) is 28.7 Å². The van der Waals surface area contributed by atoms with Gasteiger partial charge in [0.25, 0.3) is 5.91 Å². The summed E-state index contributed by atoms with van der Waals surface area (Å²) in [6.07, 6.45) is 11.9. The maximum absolute atomic E-state index is 13.4. The number of rotatable bonds is 10. The molecule has 0 fully saturated rings. The van der Waals surface area contributed by atoms with Gasteiger partial charge in [-0.2, -0.15) is 0 Å². The highest BCUT2D eigenvalue weighted by molar-refractivity contribution is 5.96. The molecule has 0 saturated heterocycles. The van der Waals surface area contributed by atoms with Crippen LogP contribution in [0.4, 0.5) is 20.4 Å². The summed E-state index contributed by atoms with van der Waals surface area (Å²) in [5.74, 6) is -1.22. The largest absolute Gasteiger partial charge is 0.383 e. The molecule has 4 N–H and O–H groups in total. The summed E-state index contributed by atoms with van der Waals surface area (Å²) in [4.78, 5) is 29.1. The number of hydrogen-bond donors (Lipinski definition) is 3. The summed E-state index contributed by atoms with van der Waals surface area (Å²) in [5, 5.41) is 5.72. The van der Waals surface area contributed by atoms with Crippen molar-refractivity contribution in [2.24, 2.45) is 0 Å². The van der Waals surface area contributed by atoms with E-state index in [1.807, 2.05) is 45.1 Å². The van der Waals surface area contributed by atoms with E-state index in [1.165, 1.54) is 18.7 Å². The Labute approximate surface area is 220 Å². The number of halogens is 2. The molecule has 3 rings (SSSR count). The Bertz CT molecular complexity index is 1410. The van der Waals surface area contributed by atoms with Crippen molar-refractivity contribution in [1.82, 2.24) is 25.3 Å². The molecule has 0 atom stereocenters. The monoisotopic (exact) mass is 517 g/mol. The lowest BCUT2D eigenvalue weighted by Crippen LogP contribution is -2.25. The molecule has 2 aromatic heterocycles. The summed E-state index contributed by atoms with van der Waals surface area (Å²) in [5.41, 5.74) is 10.5. The van der Waals surface area contributed by atoms with Gasteiger partial charge < -0.3 is 16.4 Å². The van der Waals surface area contributed by atoms with Gasteiger partial charge in [-0.05, 0) is 55.7 Å². The summed E-state index contributed by atoms with van der Waals surface area (Å²) in [6, 6.07) is 3.08. The highest BCUT2D eigenvalue weighted by Gasteiger charge is 2.14. The lowest BCUT2D eigenvalue weighted by molar-refractivity contribution is 0.0946. The van der Waals surface area contributed by atoms with E-state index in [0.29, 0.717) is 17.9 Å². The van der Waals surface area contributed by atoms with E-state index in [1.54, 1.807) is 0 Å². The van der Waals surface area contributed by atoms with Crippen molar-refractivity contribution < 1.29 is 13.6 Å². The molecule has 1 aromatic carbocycles. The third-order valence-corrected chi connectivity index (χ3v) is 5.55. The van der Waals surface area contributed by atoms with Crippen molar-refractivity contribution in [3.05, 3.63) is 113 Å². The molecule has 3 aromatic rings. The number of nitrogens with zero attached hydrogens (tertiary/aromatic N) is 4. The Morgan fingerprint density at radius 3 is 2.50 bits per heavy atom. The zero-order valence-electron chi connectivity index (χ0n) is 21.4. The van der Waals surface area contributed by atoms with E-state index in [9.17, 15) is 13.6 Å². The molecular formula is C28H29F2N7O. The standard InChI is InChI=1S/C28H29F2N7O/c1-17(5-6-18(2)19(3)7-8-24-20(4)26(31)37-16-36-24)14-34-27-25(32-9-10-33-27)28(38)35-15-21-11-22(29)13-23(30)12-21/h5-13,16H,3,14-15H2,1-2,4H3,(H,33,34)(H,35,38)(H2,31,36,37)/b8-7-,17-5+,18-6+. The first-order chi connectivity index (χ1) is 18.1. The summed E-state index contributed by atoms with van der Waals surface area (Å²) >= 11 is 0. The predicted octanol–water partition coefficient (Wildman–Crippen LogP) is 4.94. The quantitative estimate of drug-likeness (QED) is 0.326. The van der Waals surface area contributed by atoms with E-state index in [-0.39, 0.29) is 18.1 Å². The van der Waals surface area contributed by atoms with E-state index in [4.69, 9.17) is 5.73 Å². The summed E-state index contributed by atoms with van der Waals surface area (Å²) in [6.45, 7) is 10.2. The van der Waals surface area contributed by atoms with Crippen LogP contribution in [-0.2, 0) is 6.54 Å². The number of aromatic nitrogens is 4. The first-order valence-electron chi connectivity index (χ1n) is 11.7. The van der Waals surface area contributed by atoms with Crippen molar-refractivity contribution >= 4 is 23.6 Å². The third-order valence-electron chi connectivity index (χ3n) is 5.55. The Hall–Kier alpha value is -4.73. The number of amides is 1. The van der Waals surface area contributed by atoms with Gasteiger partial charge in [-0.15, -0.1) is 0 Å². The molecule has 38 heavy (non-hydrogen) atoms.